The molecule has 0 amide bonds. The van der Waals surface area contributed by atoms with E-state index in [9.17, 15) is 0 Å². The van der Waals surface area contributed by atoms with E-state index in [0.717, 1.165) is 37.3 Å². The van der Waals surface area contributed by atoms with Crippen LogP contribution in [0.15, 0.2) is 18.2 Å². The number of hydrogen-bond donors (Lipinski definition) is 0. The third kappa shape index (κ3) is 3.12. The van der Waals surface area contributed by atoms with Crippen molar-refractivity contribution >= 4 is 45.2 Å². The molecule has 0 aliphatic carbocycles. The molecule has 1 atom stereocenters. The van der Waals surface area contributed by atoms with Crippen LogP contribution in [0.25, 0.3) is 11.0 Å². The number of aromatic nitrogens is 2. The summed E-state index contributed by atoms with van der Waals surface area (Å²) >= 11 is 8.24. The highest BCUT2D eigenvalue weighted by Crippen LogP contribution is 2.22. The fraction of sp³-hybridized carbons (Fsp3) is 0.533. The number of alkyl halides is 1. The molecule has 2 heterocycles. The molecule has 3 rings (SSSR count). The zero-order valence-electron chi connectivity index (χ0n) is 11.3. The highest BCUT2D eigenvalue weighted by atomic mass is 127. The van der Waals surface area contributed by atoms with Gasteiger partial charge in [-0.25, -0.2) is 4.98 Å². The maximum Gasteiger partial charge on any atom is 0.111 e. The number of hydrogen-bond acceptors (Lipinski definition) is 2. The van der Waals surface area contributed by atoms with Crippen molar-refractivity contribution in [2.45, 2.75) is 38.3 Å². The van der Waals surface area contributed by atoms with Gasteiger partial charge in [-0.15, -0.1) is 11.6 Å². The van der Waals surface area contributed by atoms with Crippen molar-refractivity contribution in [3.05, 3.63) is 27.6 Å². The molecule has 0 spiro atoms. The predicted molar refractivity (Wildman–Crippen MR) is 90.5 cm³/mol. The Morgan fingerprint density at radius 2 is 2.35 bits per heavy atom. The van der Waals surface area contributed by atoms with Gasteiger partial charge < -0.3 is 9.30 Å². The monoisotopic (exact) mass is 404 g/mol. The average Bonchev–Trinajstić information content (AvgIpc) is 3.04. The number of imidazole rings is 1. The second kappa shape index (κ2) is 6.62. The van der Waals surface area contributed by atoms with E-state index in [1.54, 1.807) is 0 Å². The number of nitrogens with zero attached hydrogens (tertiary/aromatic N) is 2. The molecule has 1 aliphatic heterocycles. The summed E-state index contributed by atoms with van der Waals surface area (Å²) in [5.41, 5.74) is 2.29. The van der Waals surface area contributed by atoms with Gasteiger partial charge in [-0.1, -0.05) is 0 Å². The Morgan fingerprint density at radius 3 is 3.10 bits per heavy atom. The molecule has 108 valence electrons. The first kappa shape index (κ1) is 14.6. The van der Waals surface area contributed by atoms with Gasteiger partial charge >= 0.3 is 0 Å². The van der Waals surface area contributed by atoms with E-state index < -0.39 is 0 Å². The molecule has 1 aliphatic rings. The molecule has 3 nitrogen and oxygen atoms in total. The van der Waals surface area contributed by atoms with Crippen LogP contribution in [-0.2, 0) is 17.7 Å². The van der Waals surface area contributed by atoms with Crippen LogP contribution < -0.4 is 0 Å². The lowest BCUT2D eigenvalue weighted by Crippen LogP contribution is -2.12. The van der Waals surface area contributed by atoms with E-state index in [4.69, 9.17) is 21.3 Å². The fourth-order valence-electron chi connectivity index (χ4n) is 2.82. The lowest BCUT2D eigenvalue weighted by molar-refractivity contribution is 0.100. The Bertz CT molecular complexity index is 593. The Hall–Kier alpha value is -0.330. The Labute approximate surface area is 137 Å². The first-order valence-electron chi connectivity index (χ1n) is 7.10. The summed E-state index contributed by atoms with van der Waals surface area (Å²) in [7, 11) is 0. The summed E-state index contributed by atoms with van der Waals surface area (Å²) in [6, 6.07) is 6.44. The van der Waals surface area contributed by atoms with Gasteiger partial charge in [-0.2, -0.15) is 0 Å². The van der Waals surface area contributed by atoms with Gasteiger partial charge in [0.15, 0.2) is 0 Å². The molecule has 1 unspecified atom stereocenters. The molecule has 0 N–H and O–H groups in total. The Kier molecular flexibility index (Phi) is 4.83. The number of rotatable bonds is 5. The smallest absolute Gasteiger partial charge is 0.111 e. The largest absolute Gasteiger partial charge is 0.378 e. The molecule has 0 radical (unpaired) electrons. The quantitative estimate of drug-likeness (QED) is 0.556. The van der Waals surface area contributed by atoms with Crippen LogP contribution in [-0.4, -0.2) is 28.1 Å². The van der Waals surface area contributed by atoms with Crippen molar-refractivity contribution < 1.29 is 4.74 Å². The van der Waals surface area contributed by atoms with E-state index >= 15 is 0 Å². The van der Waals surface area contributed by atoms with Crippen LogP contribution in [0.3, 0.4) is 0 Å². The van der Waals surface area contributed by atoms with E-state index in [1.165, 1.54) is 21.9 Å². The van der Waals surface area contributed by atoms with Gasteiger partial charge in [-0.3, -0.25) is 0 Å². The standard InChI is InChI=1S/C15H18ClIN2O/c16-7-5-15-18-13-10-11(17)3-4-14(13)19(15)8-6-12-2-1-9-20-12/h3-4,10,12H,1-2,5-9H2. The summed E-state index contributed by atoms with van der Waals surface area (Å²) in [4.78, 5) is 4.74. The van der Waals surface area contributed by atoms with Gasteiger partial charge in [0.25, 0.3) is 0 Å². The molecule has 1 aromatic carbocycles. The van der Waals surface area contributed by atoms with Gasteiger partial charge in [-0.05, 0) is 60.1 Å². The minimum absolute atomic E-state index is 0.417. The SMILES string of the molecule is ClCCc1nc2cc(I)ccc2n1CCC1CCCO1. The molecule has 2 aromatic rings. The van der Waals surface area contributed by atoms with Crippen molar-refractivity contribution in [1.82, 2.24) is 9.55 Å². The van der Waals surface area contributed by atoms with E-state index in [1.807, 2.05) is 0 Å². The van der Waals surface area contributed by atoms with Gasteiger partial charge in [0, 0.05) is 29.0 Å². The van der Waals surface area contributed by atoms with Crippen molar-refractivity contribution in [3.8, 4) is 0 Å². The zero-order chi connectivity index (χ0) is 13.9. The molecule has 0 bridgehead atoms. The Morgan fingerprint density at radius 1 is 1.45 bits per heavy atom. The maximum absolute atomic E-state index is 5.91. The van der Waals surface area contributed by atoms with E-state index in [0.29, 0.717) is 12.0 Å². The number of aryl methyl sites for hydroxylation is 2. The molecule has 5 heteroatoms. The van der Waals surface area contributed by atoms with Gasteiger partial charge in [0.05, 0.1) is 17.1 Å². The van der Waals surface area contributed by atoms with Crippen LogP contribution in [0.1, 0.15) is 25.1 Å². The van der Waals surface area contributed by atoms with Gasteiger partial charge in [0.1, 0.15) is 5.82 Å². The highest BCUT2D eigenvalue weighted by Gasteiger charge is 2.17. The van der Waals surface area contributed by atoms with Crippen LogP contribution in [0.2, 0.25) is 0 Å². The van der Waals surface area contributed by atoms with Crippen molar-refractivity contribution in [1.29, 1.82) is 0 Å². The topological polar surface area (TPSA) is 27.1 Å². The number of benzene rings is 1. The number of ether oxygens (including phenoxy) is 1. The first-order chi connectivity index (χ1) is 9.78. The summed E-state index contributed by atoms with van der Waals surface area (Å²) in [6.07, 6.45) is 4.68. The first-order valence-corrected chi connectivity index (χ1v) is 8.71. The molecular formula is C15H18ClIN2O. The van der Waals surface area contributed by atoms with Crippen molar-refractivity contribution in [2.75, 3.05) is 12.5 Å². The second-order valence-electron chi connectivity index (χ2n) is 5.18. The maximum atomic E-state index is 5.91. The minimum atomic E-state index is 0.417. The third-order valence-electron chi connectivity index (χ3n) is 3.81. The second-order valence-corrected chi connectivity index (χ2v) is 6.80. The van der Waals surface area contributed by atoms with Crippen LogP contribution >= 0.6 is 34.2 Å². The molecule has 1 fully saturated rings. The minimum Gasteiger partial charge on any atom is -0.378 e. The number of halogens is 2. The van der Waals surface area contributed by atoms with Crippen LogP contribution in [0.4, 0.5) is 0 Å². The fourth-order valence-corrected chi connectivity index (χ4v) is 3.47. The van der Waals surface area contributed by atoms with E-state index in [2.05, 4.69) is 45.4 Å². The third-order valence-corrected chi connectivity index (χ3v) is 4.67. The molecule has 1 aromatic heterocycles. The van der Waals surface area contributed by atoms with Crippen LogP contribution in [0, 0.1) is 3.57 Å². The summed E-state index contributed by atoms with van der Waals surface area (Å²) < 4.78 is 9.25. The summed E-state index contributed by atoms with van der Waals surface area (Å²) in [5, 5.41) is 0. The van der Waals surface area contributed by atoms with E-state index in [-0.39, 0.29) is 0 Å². The van der Waals surface area contributed by atoms with Crippen molar-refractivity contribution in [3.63, 3.8) is 0 Å². The van der Waals surface area contributed by atoms with Gasteiger partial charge in [0.2, 0.25) is 0 Å². The highest BCUT2D eigenvalue weighted by molar-refractivity contribution is 14.1. The summed E-state index contributed by atoms with van der Waals surface area (Å²) in [5.74, 6) is 1.70. The molecule has 0 saturated carbocycles. The van der Waals surface area contributed by atoms with Crippen LogP contribution in [0.5, 0.6) is 0 Å². The molecule has 20 heavy (non-hydrogen) atoms. The lowest BCUT2D eigenvalue weighted by atomic mass is 10.2. The summed E-state index contributed by atoms with van der Waals surface area (Å²) in [6.45, 7) is 1.88. The number of fused-ring (bicyclic) bond motifs is 1. The molecular weight excluding hydrogens is 387 g/mol. The lowest BCUT2D eigenvalue weighted by Gasteiger charge is -2.12. The van der Waals surface area contributed by atoms with Crippen molar-refractivity contribution in [2.24, 2.45) is 0 Å². The average molecular weight is 405 g/mol. The Balaban J connectivity index is 1.87. The normalized spacial score (nSPS) is 19.0. The molecule has 1 saturated heterocycles. The predicted octanol–water partition coefficient (Wildman–Crippen LogP) is 3.99. The zero-order valence-corrected chi connectivity index (χ0v) is 14.2.